The molecule has 0 unspecified atom stereocenters. The number of benzene rings is 2. The van der Waals surface area contributed by atoms with Crippen molar-refractivity contribution in [3.8, 4) is 23.0 Å². The summed E-state index contributed by atoms with van der Waals surface area (Å²) in [6.45, 7) is 4.32. The molecule has 2 aliphatic rings. The van der Waals surface area contributed by atoms with Crippen LogP contribution in [-0.4, -0.2) is 43.4 Å². The molecule has 0 N–H and O–H groups in total. The van der Waals surface area contributed by atoms with E-state index in [0.29, 0.717) is 87.6 Å². The predicted molar refractivity (Wildman–Crippen MR) is 172 cm³/mol. The molecule has 0 amide bonds. The van der Waals surface area contributed by atoms with Crippen LogP contribution in [0, 0.1) is 23.7 Å². The van der Waals surface area contributed by atoms with Crippen molar-refractivity contribution in [2.24, 2.45) is 23.7 Å². The number of rotatable bonds is 16. The molecular formula is C37H44O10. The lowest BCUT2D eigenvalue weighted by Crippen LogP contribution is -2.30. The minimum atomic E-state index is -0.401. The fourth-order valence-corrected chi connectivity index (χ4v) is 5.81. The van der Waals surface area contributed by atoms with Gasteiger partial charge in [0.05, 0.1) is 31.0 Å². The molecule has 2 aromatic carbocycles. The summed E-state index contributed by atoms with van der Waals surface area (Å²) < 4.78 is 27.4. The molecule has 47 heavy (non-hydrogen) atoms. The lowest BCUT2D eigenvalue weighted by Gasteiger charge is -2.25. The molecule has 2 aliphatic carbocycles. The summed E-state index contributed by atoms with van der Waals surface area (Å²) in [6.07, 6.45) is 10.5. The third-order valence-electron chi connectivity index (χ3n) is 8.71. The van der Waals surface area contributed by atoms with Crippen molar-refractivity contribution < 1.29 is 47.7 Å². The van der Waals surface area contributed by atoms with Gasteiger partial charge in [0, 0.05) is 12.0 Å². The van der Waals surface area contributed by atoms with Gasteiger partial charge in [0.1, 0.15) is 29.3 Å². The third-order valence-corrected chi connectivity index (χ3v) is 8.71. The van der Waals surface area contributed by atoms with Crippen LogP contribution in [0.3, 0.4) is 0 Å². The summed E-state index contributed by atoms with van der Waals surface area (Å²) in [5, 5.41) is 0. The minimum absolute atomic E-state index is 0.0321. The molecule has 2 fully saturated rings. The Hall–Kier alpha value is -4.47. The van der Waals surface area contributed by atoms with Crippen LogP contribution in [0.15, 0.2) is 61.2 Å². The van der Waals surface area contributed by atoms with Gasteiger partial charge in [-0.25, -0.2) is 4.79 Å². The number of carbonyl (C=O) groups is 5. The zero-order chi connectivity index (χ0) is 33.4. The van der Waals surface area contributed by atoms with E-state index in [9.17, 15) is 24.0 Å². The summed E-state index contributed by atoms with van der Waals surface area (Å²) in [5.41, 5.74) is 0. The van der Waals surface area contributed by atoms with E-state index >= 15 is 0 Å². The Morgan fingerprint density at radius 1 is 0.574 bits per heavy atom. The van der Waals surface area contributed by atoms with E-state index in [4.69, 9.17) is 23.7 Å². The third kappa shape index (κ3) is 11.7. The van der Waals surface area contributed by atoms with Crippen molar-refractivity contribution in [3.63, 3.8) is 0 Å². The fourth-order valence-electron chi connectivity index (χ4n) is 5.81. The zero-order valence-corrected chi connectivity index (χ0v) is 26.8. The molecule has 10 heteroatoms. The van der Waals surface area contributed by atoms with Crippen LogP contribution in [0.2, 0.25) is 0 Å². The number of hydrogen-bond donors (Lipinski definition) is 0. The highest BCUT2D eigenvalue weighted by atomic mass is 16.5. The van der Waals surface area contributed by atoms with Crippen molar-refractivity contribution in [2.45, 2.75) is 77.0 Å². The van der Waals surface area contributed by atoms with E-state index in [1.165, 1.54) is 0 Å². The van der Waals surface area contributed by atoms with E-state index < -0.39 is 5.97 Å². The molecule has 0 bridgehead atoms. The highest BCUT2D eigenvalue weighted by Gasteiger charge is 2.32. The van der Waals surface area contributed by atoms with Crippen LogP contribution in [0.4, 0.5) is 0 Å². The molecule has 10 nitrogen and oxygen atoms in total. The second-order valence-corrected chi connectivity index (χ2v) is 12.1. The second kappa shape index (κ2) is 18.6. The Morgan fingerprint density at radius 2 is 0.957 bits per heavy atom. The van der Waals surface area contributed by atoms with Gasteiger partial charge in [0.25, 0.3) is 0 Å². The number of ether oxygens (including phenoxy) is 5. The predicted octanol–water partition coefficient (Wildman–Crippen LogP) is 6.58. The van der Waals surface area contributed by atoms with Crippen molar-refractivity contribution in [1.29, 1.82) is 0 Å². The molecule has 0 aliphatic heterocycles. The van der Waals surface area contributed by atoms with Gasteiger partial charge >= 0.3 is 23.9 Å². The Kier molecular flexibility index (Phi) is 14.0. The van der Waals surface area contributed by atoms with Gasteiger partial charge in [-0.3, -0.25) is 14.4 Å². The molecule has 4 rings (SSSR count). The van der Waals surface area contributed by atoms with Gasteiger partial charge in [0.2, 0.25) is 0 Å². The largest absolute Gasteiger partial charge is 0.494 e. The molecule has 2 aromatic rings. The van der Waals surface area contributed by atoms with E-state index in [1.54, 1.807) is 48.5 Å². The monoisotopic (exact) mass is 648 g/mol. The van der Waals surface area contributed by atoms with Gasteiger partial charge in [-0.05, 0) is 126 Å². The first-order valence-electron chi connectivity index (χ1n) is 16.6. The number of esters is 4. The van der Waals surface area contributed by atoms with Gasteiger partial charge in [-0.15, -0.1) is 0 Å². The summed E-state index contributed by atoms with van der Waals surface area (Å²) in [5.74, 6) is -0.286. The topological polar surface area (TPSA) is 132 Å². The van der Waals surface area contributed by atoms with Gasteiger partial charge in [-0.1, -0.05) is 6.58 Å². The Bertz CT molecular complexity index is 1330. The van der Waals surface area contributed by atoms with Crippen LogP contribution >= 0.6 is 0 Å². The molecule has 0 aromatic heterocycles. The second-order valence-electron chi connectivity index (χ2n) is 12.1. The first-order valence-corrected chi connectivity index (χ1v) is 16.6. The molecule has 0 spiro atoms. The molecule has 0 radical (unpaired) electrons. The average molecular weight is 649 g/mol. The van der Waals surface area contributed by atoms with Crippen LogP contribution in [-0.2, 0) is 28.7 Å². The summed E-state index contributed by atoms with van der Waals surface area (Å²) >= 11 is 0. The number of hydrogen-bond acceptors (Lipinski definition) is 10. The first kappa shape index (κ1) is 35.4. The fraction of sp³-hybridized carbons (Fsp3) is 0.486. The van der Waals surface area contributed by atoms with Gasteiger partial charge < -0.3 is 28.5 Å². The van der Waals surface area contributed by atoms with Crippen LogP contribution in [0.1, 0.15) is 77.0 Å². The maximum atomic E-state index is 12.8. The quantitative estimate of drug-likeness (QED) is 0.0646. The smallest absolute Gasteiger partial charge is 0.330 e. The van der Waals surface area contributed by atoms with Crippen molar-refractivity contribution >= 4 is 30.2 Å². The maximum Gasteiger partial charge on any atom is 0.330 e. The highest BCUT2D eigenvalue weighted by molar-refractivity contribution is 5.81. The lowest BCUT2D eigenvalue weighted by molar-refractivity contribution is -0.145. The number of carbonyl (C=O) groups excluding carboxylic acids is 5. The van der Waals surface area contributed by atoms with E-state index in [1.807, 2.05) is 0 Å². The Morgan fingerprint density at radius 3 is 1.36 bits per heavy atom. The molecular weight excluding hydrogens is 604 g/mol. The highest BCUT2D eigenvalue weighted by Crippen LogP contribution is 2.33. The van der Waals surface area contributed by atoms with Gasteiger partial charge in [-0.2, -0.15) is 0 Å². The normalized spacial score (nSPS) is 20.7. The molecule has 252 valence electrons. The standard InChI is InChI=1S/C37H44O10/c1-2-34(39)44-24-6-4-3-5-23-43-30-15-17-31(18-16-30)45-36(41)28-11-13-29(14-12-28)37(42)47-33-21-19-32(20-22-33)46-35(40)27-9-7-26(25-38)8-10-27/h2,15-22,25-29H,1,3-14,23-24H2/t26-,27-,28-,29-. The van der Waals surface area contributed by atoms with Crippen molar-refractivity contribution in [2.75, 3.05) is 13.2 Å². The summed E-state index contributed by atoms with van der Waals surface area (Å²) in [7, 11) is 0. The van der Waals surface area contributed by atoms with Crippen LogP contribution in [0.25, 0.3) is 0 Å². The molecule has 0 heterocycles. The Labute approximate surface area is 275 Å². The van der Waals surface area contributed by atoms with Crippen LogP contribution in [0.5, 0.6) is 23.0 Å². The molecule has 2 saturated carbocycles. The maximum absolute atomic E-state index is 12.8. The van der Waals surface area contributed by atoms with E-state index in [2.05, 4.69) is 6.58 Å². The van der Waals surface area contributed by atoms with E-state index in [0.717, 1.165) is 38.0 Å². The Balaban J connectivity index is 1.10. The number of aldehydes is 1. The molecule has 0 atom stereocenters. The molecule has 0 saturated heterocycles. The van der Waals surface area contributed by atoms with E-state index in [-0.39, 0.29) is 41.6 Å². The minimum Gasteiger partial charge on any atom is -0.494 e. The van der Waals surface area contributed by atoms with Crippen molar-refractivity contribution in [1.82, 2.24) is 0 Å². The first-order chi connectivity index (χ1) is 22.8. The number of unbranched alkanes of at least 4 members (excludes halogenated alkanes) is 3. The lowest BCUT2D eigenvalue weighted by atomic mass is 9.82. The summed E-state index contributed by atoms with van der Waals surface area (Å²) in [4.78, 5) is 60.0. The van der Waals surface area contributed by atoms with Crippen molar-refractivity contribution in [3.05, 3.63) is 61.2 Å². The average Bonchev–Trinajstić information content (AvgIpc) is 3.10. The zero-order valence-electron chi connectivity index (χ0n) is 26.8. The summed E-state index contributed by atoms with van der Waals surface area (Å²) in [6, 6.07) is 13.3. The SMILES string of the molecule is C=CC(=O)OCCCCCCOc1ccc(OC(=O)[C@H]2CC[C@H](C(=O)Oc3ccc(OC(=O)[C@H]4CC[C@H](C=O)CC4)cc3)CC2)cc1. The van der Waals surface area contributed by atoms with Crippen LogP contribution < -0.4 is 18.9 Å². The van der Waals surface area contributed by atoms with Gasteiger partial charge in [0.15, 0.2) is 0 Å².